The molecule has 2 unspecified atom stereocenters. The van der Waals surface area contributed by atoms with Gasteiger partial charge in [-0.3, -0.25) is 14.4 Å². The zero-order chi connectivity index (χ0) is 29.5. The molecular weight excluding hydrogens is 558 g/mol. The normalized spacial score (nSPS) is 28.7. The van der Waals surface area contributed by atoms with Gasteiger partial charge in [0.25, 0.3) is 5.91 Å². The highest BCUT2D eigenvalue weighted by atomic mass is 35.5. The number of nitrogens with zero attached hydrogens (tertiary/aromatic N) is 3. The number of anilines is 1. The summed E-state index contributed by atoms with van der Waals surface area (Å²) in [5.74, 6) is -2.02. The lowest BCUT2D eigenvalue weighted by Gasteiger charge is -2.40. The summed E-state index contributed by atoms with van der Waals surface area (Å²) in [6.07, 6.45) is 4.60. The number of hydrogen-bond acceptors (Lipinski definition) is 5. The van der Waals surface area contributed by atoms with Crippen LogP contribution in [0.4, 0.5) is 5.69 Å². The molecule has 3 aliphatic heterocycles. The lowest BCUT2D eigenvalue weighted by Crippen LogP contribution is -2.56. The summed E-state index contributed by atoms with van der Waals surface area (Å²) in [4.78, 5) is 48.2. The van der Waals surface area contributed by atoms with Crippen molar-refractivity contribution in [2.45, 2.75) is 41.3 Å². The second-order valence-electron chi connectivity index (χ2n) is 11.3. The molecule has 3 aliphatic rings. The standard InChI is InChI=1S/C32H36ClN3O4S/c1-5-18-34(4)28(38)25-26-29(39)36(24(20-37)21-12-8-7-9-13-21)27(32(26)17-16-31(25,3)41-32)30(40)35(19-6-2)23-15-11-10-14-22(23)33/h5-15,24-27,37H,1-2,16-20H2,3-4H3/t24-,25-,26+,27?,31+,32?/m1/s1. The van der Waals surface area contributed by atoms with Gasteiger partial charge in [0, 0.05) is 24.9 Å². The number of carbonyl (C=O) groups is 3. The van der Waals surface area contributed by atoms with E-state index in [9.17, 15) is 19.5 Å². The molecule has 0 aromatic heterocycles. The van der Waals surface area contributed by atoms with E-state index in [0.717, 1.165) is 5.56 Å². The third-order valence-electron chi connectivity index (χ3n) is 8.91. The molecule has 1 spiro atoms. The zero-order valence-electron chi connectivity index (χ0n) is 23.4. The van der Waals surface area contributed by atoms with Crippen molar-refractivity contribution in [3.8, 4) is 0 Å². The topological polar surface area (TPSA) is 81.2 Å². The summed E-state index contributed by atoms with van der Waals surface area (Å²) in [5.41, 5.74) is 1.25. The fraction of sp³-hybridized carbons (Fsp3) is 0.406. The Kier molecular flexibility index (Phi) is 8.12. The summed E-state index contributed by atoms with van der Waals surface area (Å²) in [7, 11) is 1.72. The van der Waals surface area contributed by atoms with E-state index in [0.29, 0.717) is 30.1 Å². The molecule has 3 fully saturated rings. The molecule has 7 nitrogen and oxygen atoms in total. The van der Waals surface area contributed by atoms with E-state index in [2.05, 4.69) is 13.2 Å². The molecular formula is C32H36ClN3O4S. The van der Waals surface area contributed by atoms with E-state index in [4.69, 9.17) is 11.6 Å². The van der Waals surface area contributed by atoms with E-state index in [-0.39, 0.29) is 30.9 Å². The van der Waals surface area contributed by atoms with Crippen molar-refractivity contribution in [3.63, 3.8) is 0 Å². The van der Waals surface area contributed by atoms with E-state index >= 15 is 0 Å². The van der Waals surface area contributed by atoms with Gasteiger partial charge in [0.1, 0.15) is 6.04 Å². The second-order valence-corrected chi connectivity index (χ2v) is 13.6. The van der Waals surface area contributed by atoms with Crippen molar-refractivity contribution >= 4 is 46.8 Å². The quantitative estimate of drug-likeness (QED) is 0.403. The van der Waals surface area contributed by atoms with Crippen LogP contribution in [-0.4, -0.2) is 74.9 Å². The van der Waals surface area contributed by atoms with Gasteiger partial charge in [-0.25, -0.2) is 0 Å². The summed E-state index contributed by atoms with van der Waals surface area (Å²) in [6, 6.07) is 14.7. The number of aliphatic hydroxyl groups excluding tert-OH is 1. The third-order valence-corrected chi connectivity index (χ3v) is 11.2. The molecule has 41 heavy (non-hydrogen) atoms. The summed E-state index contributed by atoms with van der Waals surface area (Å²) < 4.78 is -1.35. The average molecular weight is 594 g/mol. The van der Waals surface area contributed by atoms with Crippen LogP contribution in [0, 0.1) is 11.8 Å². The number of likely N-dealkylation sites (N-methyl/N-ethyl adjacent to an activating group) is 1. The van der Waals surface area contributed by atoms with Crippen LogP contribution in [0.15, 0.2) is 79.9 Å². The first-order valence-electron chi connectivity index (χ1n) is 13.9. The Morgan fingerprint density at radius 2 is 1.76 bits per heavy atom. The van der Waals surface area contributed by atoms with E-state index in [1.807, 2.05) is 43.3 Å². The zero-order valence-corrected chi connectivity index (χ0v) is 25.0. The molecule has 3 heterocycles. The average Bonchev–Trinajstić information content (AvgIpc) is 3.53. The number of hydrogen-bond donors (Lipinski definition) is 1. The van der Waals surface area contributed by atoms with Crippen molar-refractivity contribution in [2.24, 2.45) is 11.8 Å². The predicted octanol–water partition coefficient (Wildman–Crippen LogP) is 4.72. The van der Waals surface area contributed by atoms with Gasteiger partial charge in [-0.15, -0.1) is 24.9 Å². The van der Waals surface area contributed by atoms with E-state index in [1.54, 1.807) is 63.9 Å². The van der Waals surface area contributed by atoms with Crippen LogP contribution in [-0.2, 0) is 14.4 Å². The van der Waals surface area contributed by atoms with Crippen molar-refractivity contribution in [1.29, 1.82) is 0 Å². The van der Waals surface area contributed by atoms with Gasteiger partial charge in [0.15, 0.2) is 0 Å². The highest BCUT2D eigenvalue weighted by molar-refractivity contribution is 8.02. The van der Waals surface area contributed by atoms with Crippen LogP contribution in [0.25, 0.3) is 0 Å². The molecule has 2 aromatic carbocycles. The number of benzene rings is 2. The number of aliphatic hydroxyl groups is 1. The molecule has 3 saturated heterocycles. The van der Waals surface area contributed by atoms with Gasteiger partial charge in [-0.2, -0.15) is 0 Å². The van der Waals surface area contributed by atoms with Gasteiger partial charge < -0.3 is 19.8 Å². The summed E-state index contributed by atoms with van der Waals surface area (Å²) in [6.45, 7) is 9.87. The fourth-order valence-electron chi connectivity index (χ4n) is 7.16. The van der Waals surface area contributed by atoms with Crippen molar-refractivity contribution in [1.82, 2.24) is 9.80 Å². The highest BCUT2D eigenvalue weighted by Gasteiger charge is 2.78. The molecule has 3 amide bonds. The maximum atomic E-state index is 14.9. The van der Waals surface area contributed by atoms with E-state index < -0.39 is 33.4 Å². The summed E-state index contributed by atoms with van der Waals surface area (Å²) >= 11 is 8.19. The minimum atomic E-state index is -0.928. The van der Waals surface area contributed by atoms with Crippen molar-refractivity contribution in [2.75, 3.05) is 31.6 Å². The van der Waals surface area contributed by atoms with Gasteiger partial charge in [-0.05, 0) is 37.5 Å². The number of carbonyl (C=O) groups excluding carboxylic acids is 3. The first-order chi connectivity index (χ1) is 19.6. The lowest BCUT2D eigenvalue weighted by molar-refractivity contribution is -0.146. The SMILES string of the molecule is C=CCN(C)C(=O)[C@H]1[C@H]2C(=O)N([C@H](CO)c3ccccc3)C(C(=O)N(CC=C)c3ccccc3Cl)C23CC[C@]1(C)S3. The van der Waals surface area contributed by atoms with E-state index in [1.165, 1.54) is 0 Å². The monoisotopic (exact) mass is 593 g/mol. The Bertz CT molecular complexity index is 1370. The number of amides is 3. The third kappa shape index (κ3) is 4.60. The van der Waals surface area contributed by atoms with Crippen molar-refractivity contribution in [3.05, 3.63) is 90.5 Å². The lowest BCUT2D eigenvalue weighted by atomic mass is 9.66. The number of thioether (sulfide) groups is 1. The molecule has 5 rings (SSSR count). The van der Waals surface area contributed by atoms with Gasteiger partial charge in [0.2, 0.25) is 11.8 Å². The summed E-state index contributed by atoms with van der Waals surface area (Å²) in [5, 5.41) is 11.1. The number of likely N-dealkylation sites (tertiary alicyclic amines) is 1. The molecule has 216 valence electrons. The van der Waals surface area contributed by atoms with Crippen LogP contribution in [0.3, 0.4) is 0 Å². The molecule has 0 radical (unpaired) electrons. The Balaban J connectivity index is 1.68. The number of halogens is 1. The number of rotatable bonds is 10. The van der Waals surface area contributed by atoms with Crippen LogP contribution in [0.2, 0.25) is 5.02 Å². The smallest absolute Gasteiger partial charge is 0.251 e. The fourth-order valence-corrected chi connectivity index (χ4v) is 9.73. The Labute approximate surface area is 250 Å². The minimum absolute atomic E-state index is 0.123. The molecule has 2 aromatic rings. The second kappa shape index (κ2) is 11.3. The molecule has 0 saturated carbocycles. The predicted molar refractivity (Wildman–Crippen MR) is 164 cm³/mol. The minimum Gasteiger partial charge on any atom is -0.394 e. The van der Waals surface area contributed by atoms with Crippen molar-refractivity contribution < 1.29 is 19.5 Å². The Morgan fingerprint density at radius 3 is 2.39 bits per heavy atom. The molecule has 6 atom stereocenters. The molecule has 1 N–H and O–H groups in total. The number of fused-ring (bicyclic) bond motifs is 1. The molecule has 2 bridgehead atoms. The van der Waals surface area contributed by atoms with Gasteiger partial charge in [0.05, 0.1) is 39.9 Å². The van der Waals surface area contributed by atoms with Crippen LogP contribution >= 0.6 is 23.4 Å². The first-order valence-corrected chi connectivity index (χ1v) is 15.1. The Morgan fingerprint density at radius 1 is 1.10 bits per heavy atom. The van der Waals surface area contributed by atoms with Crippen LogP contribution in [0.5, 0.6) is 0 Å². The van der Waals surface area contributed by atoms with Crippen LogP contribution < -0.4 is 4.90 Å². The first kappa shape index (κ1) is 29.4. The Hall–Kier alpha value is -3.07. The maximum absolute atomic E-state index is 14.9. The van der Waals surface area contributed by atoms with Gasteiger partial charge in [-0.1, -0.05) is 66.2 Å². The molecule has 0 aliphatic carbocycles. The number of para-hydroxylation sites is 1. The highest BCUT2D eigenvalue weighted by Crippen LogP contribution is 2.72. The largest absolute Gasteiger partial charge is 0.394 e. The van der Waals surface area contributed by atoms with Gasteiger partial charge >= 0.3 is 0 Å². The maximum Gasteiger partial charge on any atom is 0.251 e. The van der Waals surface area contributed by atoms with Crippen LogP contribution in [0.1, 0.15) is 31.4 Å². The molecule has 9 heteroatoms.